The first-order valence-corrected chi connectivity index (χ1v) is 6.95. The van der Waals surface area contributed by atoms with Crippen molar-refractivity contribution in [1.82, 2.24) is 10.2 Å². The third-order valence-electron chi connectivity index (χ3n) is 3.36. The molecule has 2 unspecified atom stereocenters. The van der Waals surface area contributed by atoms with E-state index < -0.39 is 30.0 Å². The molecule has 0 spiro atoms. The van der Waals surface area contributed by atoms with Gasteiger partial charge in [-0.05, 0) is 30.4 Å². The zero-order valence-electron chi connectivity index (χ0n) is 10.8. The number of amides is 3. The van der Waals surface area contributed by atoms with Crippen molar-refractivity contribution in [1.29, 1.82) is 0 Å². The number of urea groups is 1. The van der Waals surface area contributed by atoms with Crippen LogP contribution in [0.25, 0.3) is 0 Å². The van der Waals surface area contributed by atoms with Gasteiger partial charge in [0, 0.05) is 11.4 Å². The number of aliphatic carboxylic acids is 1. The molecule has 1 aromatic rings. The van der Waals surface area contributed by atoms with Gasteiger partial charge in [0.1, 0.15) is 6.04 Å². The van der Waals surface area contributed by atoms with Gasteiger partial charge < -0.3 is 10.8 Å². The number of carboxylic acids is 1. The highest BCUT2D eigenvalue weighted by molar-refractivity contribution is 7.10. The molecular formula is C12H15N3O4S. The number of fused-ring (bicyclic) bond motifs is 1. The van der Waals surface area contributed by atoms with Crippen LogP contribution >= 0.6 is 11.3 Å². The van der Waals surface area contributed by atoms with E-state index in [2.05, 4.69) is 0 Å². The van der Waals surface area contributed by atoms with Crippen LogP contribution in [0.3, 0.4) is 0 Å². The van der Waals surface area contributed by atoms with Crippen molar-refractivity contribution >= 4 is 29.2 Å². The first kappa shape index (κ1) is 14.5. The molecule has 0 saturated heterocycles. The number of imide groups is 1. The molecule has 1 aromatic heterocycles. The smallest absolute Gasteiger partial charge is 0.325 e. The SMILES string of the molecule is CC(C(=O)NC(N)=O)N1CCc2sccc2C1C(=O)O. The summed E-state index contributed by atoms with van der Waals surface area (Å²) < 4.78 is 0. The highest BCUT2D eigenvalue weighted by Crippen LogP contribution is 2.34. The van der Waals surface area contributed by atoms with Crippen LogP contribution in [0.15, 0.2) is 11.4 Å². The Kier molecular flexibility index (Phi) is 4.05. The van der Waals surface area contributed by atoms with Gasteiger partial charge in [0.25, 0.3) is 0 Å². The summed E-state index contributed by atoms with van der Waals surface area (Å²) >= 11 is 1.51. The van der Waals surface area contributed by atoms with Gasteiger partial charge in [0.2, 0.25) is 5.91 Å². The fourth-order valence-corrected chi connectivity index (χ4v) is 3.31. The molecule has 1 aliphatic rings. The number of carboxylic acid groups (broad SMARTS) is 1. The topological polar surface area (TPSA) is 113 Å². The molecule has 0 bridgehead atoms. The van der Waals surface area contributed by atoms with Crippen molar-refractivity contribution < 1.29 is 19.5 Å². The number of carbonyl (C=O) groups excluding carboxylic acids is 2. The number of nitrogens with two attached hydrogens (primary N) is 1. The minimum absolute atomic E-state index is 0.442. The average molecular weight is 297 g/mol. The number of rotatable bonds is 3. The Hall–Kier alpha value is -1.93. The number of hydrogen-bond acceptors (Lipinski definition) is 5. The van der Waals surface area contributed by atoms with E-state index >= 15 is 0 Å². The number of nitrogens with one attached hydrogen (secondary N) is 1. The maximum atomic E-state index is 11.8. The fourth-order valence-electron chi connectivity index (χ4n) is 2.40. The fraction of sp³-hybridized carbons (Fsp3) is 0.417. The molecule has 0 fully saturated rings. The molecule has 4 N–H and O–H groups in total. The molecule has 3 amide bonds. The van der Waals surface area contributed by atoms with Gasteiger partial charge in [-0.25, -0.2) is 4.79 Å². The predicted octanol–water partition coefficient (Wildman–Crippen LogP) is 0.315. The van der Waals surface area contributed by atoms with Crippen LogP contribution in [-0.2, 0) is 16.0 Å². The van der Waals surface area contributed by atoms with Gasteiger partial charge in [-0.15, -0.1) is 11.3 Å². The standard InChI is InChI=1S/C12H15N3O4S/c1-6(10(16)14-12(13)19)15-4-2-8-7(3-5-20-8)9(15)11(17)18/h3,5-6,9H,2,4H2,1H3,(H,17,18)(H3,13,14,16,19). The summed E-state index contributed by atoms with van der Waals surface area (Å²) in [6.45, 7) is 2.00. The van der Waals surface area contributed by atoms with Gasteiger partial charge in [-0.3, -0.25) is 19.8 Å². The number of hydrogen-bond donors (Lipinski definition) is 3. The van der Waals surface area contributed by atoms with E-state index in [1.807, 2.05) is 10.7 Å². The average Bonchev–Trinajstić information content (AvgIpc) is 2.83. The second kappa shape index (κ2) is 5.59. The Morgan fingerprint density at radius 1 is 1.55 bits per heavy atom. The third-order valence-corrected chi connectivity index (χ3v) is 4.36. The number of nitrogens with zero attached hydrogens (tertiary/aromatic N) is 1. The van der Waals surface area contributed by atoms with Crippen LogP contribution in [0.2, 0.25) is 0 Å². The Balaban J connectivity index is 2.25. The summed E-state index contributed by atoms with van der Waals surface area (Å²) in [7, 11) is 0. The van der Waals surface area contributed by atoms with E-state index in [1.54, 1.807) is 17.9 Å². The van der Waals surface area contributed by atoms with E-state index in [-0.39, 0.29) is 0 Å². The van der Waals surface area contributed by atoms with E-state index in [4.69, 9.17) is 5.73 Å². The summed E-state index contributed by atoms with van der Waals surface area (Å²) in [6.07, 6.45) is 0.685. The first-order chi connectivity index (χ1) is 9.41. The van der Waals surface area contributed by atoms with Crippen LogP contribution in [-0.4, -0.2) is 40.5 Å². The molecular weight excluding hydrogens is 282 g/mol. The van der Waals surface area contributed by atoms with Gasteiger partial charge in [-0.1, -0.05) is 0 Å². The van der Waals surface area contributed by atoms with Crippen molar-refractivity contribution in [2.75, 3.05) is 6.54 Å². The van der Waals surface area contributed by atoms with Crippen LogP contribution < -0.4 is 11.1 Å². The molecule has 0 aromatic carbocycles. The molecule has 0 radical (unpaired) electrons. The monoisotopic (exact) mass is 297 g/mol. The van der Waals surface area contributed by atoms with Crippen LogP contribution in [0.4, 0.5) is 4.79 Å². The molecule has 7 nitrogen and oxygen atoms in total. The second-order valence-electron chi connectivity index (χ2n) is 4.56. The van der Waals surface area contributed by atoms with Crippen molar-refractivity contribution in [3.8, 4) is 0 Å². The van der Waals surface area contributed by atoms with Gasteiger partial charge in [-0.2, -0.15) is 0 Å². The lowest BCUT2D eigenvalue weighted by Gasteiger charge is -2.36. The first-order valence-electron chi connectivity index (χ1n) is 6.07. The minimum atomic E-state index is -1.01. The molecule has 20 heavy (non-hydrogen) atoms. The lowest BCUT2D eigenvalue weighted by atomic mass is 9.98. The minimum Gasteiger partial charge on any atom is -0.480 e. The largest absolute Gasteiger partial charge is 0.480 e. The highest BCUT2D eigenvalue weighted by Gasteiger charge is 2.38. The highest BCUT2D eigenvalue weighted by atomic mass is 32.1. The molecule has 2 rings (SSSR count). The Morgan fingerprint density at radius 2 is 2.25 bits per heavy atom. The summed E-state index contributed by atoms with van der Waals surface area (Å²) in [5.41, 5.74) is 5.63. The third kappa shape index (κ3) is 2.66. The molecule has 108 valence electrons. The maximum absolute atomic E-state index is 11.8. The van der Waals surface area contributed by atoms with Crippen molar-refractivity contribution in [2.45, 2.75) is 25.4 Å². The molecule has 2 heterocycles. The number of carbonyl (C=O) groups is 3. The van der Waals surface area contributed by atoms with E-state index in [1.165, 1.54) is 11.3 Å². The van der Waals surface area contributed by atoms with Crippen molar-refractivity contribution in [3.63, 3.8) is 0 Å². The molecule has 0 saturated carbocycles. The molecule has 1 aliphatic heterocycles. The zero-order chi connectivity index (χ0) is 14.9. The Morgan fingerprint density at radius 3 is 2.85 bits per heavy atom. The predicted molar refractivity (Wildman–Crippen MR) is 72.3 cm³/mol. The second-order valence-corrected chi connectivity index (χ2v) is 5.56. The zero-order valence-corrected chi connectivity index (χ0v) is 11.6. The van der Waals surface area contributed by atoms with Crippen LogP contribution in [0, 0.1) is 0 Å². The lowest BCUT2D eigenvalue weighted by Crippen LogP contribution is -2.52. The van der Waals surface area contributed by atoms with Gasteiger partial charge in [0.05, 0.1) is 6.04 Å². The van der Waals surface area contributed by atoms with E-state index in [0.29, 0.717) is 18.5 Å². The summed E-state index contributed by atoms with van der Waals surface area (Å²) in [5.74, 6) is -1.61. The van der Waals surface area contributed by atoms with Gasteiger partial charge >= 0.3 is 12.0 Å². The quantitative estimate of drug-likeness (QED) is 0.743. The van der Waals surface area contributed by atoms with Gasteiger partial charge in [0.15, 0.2) is 0 Å². The van der Waals surface area contributed by atoms with E-state index in [9.17, 15) is 19.5 Å². The molecule has 2 atom stereocenters. The molecule has 8 heteroatoms. The number of thiophene rings is 1. The van der Waals surface area contributed by atoms with Crippen molar-refractivity contribution in [2.24, 2.45) is 5.73 Å². The van der Waals surface area contributed by atoms with E-state index in [0.717, 1.165) is 4.88 Å². The number of primary amides is 1. The summed E-state index contributed by atoms with van der Waals surface area (Å²) in [5, 5.41) is 13.3. The summed E-state index contributed by atoms with van der Waals surface area (Å²) in [6, 6.07) is -0.804. The molecule has 0 aliphatic carbocycles. The lowest BCUT2D eigenvalue weighted by molar-refractivity contribution is -0.146. The Labute approximate surface area is 119 Å². The maximum Gasteiger partial charge on any atom is 0.325 e. The van der Waals surface area contributed by atoms with Crippen molar-refractivity contribution in [3.05, 3.63) is 21.9 Å². The van der Waals surface area contributed by atoms with Crippen LogP contribution in [0.5, 0.6) is 0 Å². The normalized spacial score (nSPS) is 19.9. The Bertz CT molecular complexity index is 557. The summed E-state index contributed by atoms with van der Waals surface area (Å²) in [4.78, 5) is 36.7. The van der Waals surface area contributed by atoms with Crippen LogP contribution in [0.1, 0.15) is 23.4 Å².